The van der Waals surface area contributed by atoms with E-state index in [0.29, 0.717) is 17.0 Å². The predicted octanol–water partition coefficient (Wildman–Crippen LogP) is 5.57. The van der Waals surface area contributed by atoms with Crippen LogP contribution < -0.4 is 0 Å². The van der Waals surface area contributed by atoms with E-state index in [9.17, 15) is 14.3 Å². The number of phenolic OH excluding ortho intramolecular Hbond substituents is 1. The third-order valence-electron chi connectivity index (χ3n) is 4.03. The van der Waals surface area contributed by atoms with Gasteiger partial charge in [-0.25, -0.2) is 4.39 Å². The lowest BCUT2D eigenvalue weighted by atomic mass is 9.95. The molecule has 0 aliphatic heterocycles. The number of phenols is 1. The molecule has 0 unspecified atom stereocenters. The first-order valence-corrected chi connectivity index (χ1v) is 8.65. The summed E-state index contributed by atoms with van der Waals surface area (Å²) in [4.78, 5) is 10.7. The molecule has 0 saturated heterocycles. The highest BCUT2D eigenvalue weighted by Gasteiger charge is 2.18. The number of aryl methyl sites for hydroxylation is 1. The molecule has 0 heterocycles. The van der Waals surface area contributed by atoms with Gasteiger partial charge in [-0.1, -0.05) is 49.2 Å². The van der Waals surface area contributed by atoms with E-state index in [1.807, 2.05) is 19.9 Å². The average molecular weight is 385 g/mol. The Morgan fingerprint density at radius 1 is 1.24 bits per heavy atom. The van der Waals surface area contributed by atoms with E-state index in [2.05, 4.69) is 0 Å². The molecule has 2 N–H and O–H groups in total. The summed E-state index contributed by atoms with van der Waals surface area (Å²) in [5.41, 5.74) is 2.28. The van der Waals surface area contributed by atoms with Gasteiger partial charge in [-0.15, -0.1) is 0 Å². The molecule has 0 amide bonds. The summed E-state index contributed by atoms with van der Waals surface area (Å²) < 4.78 is 14.4. The van der Waals surface area contributed by atoms with Crippen molar-refractivity contribution in [2.24, 2.45) is 0 Å². The van der Waals surface area contributed by atoms with Crippen molar-refractivity contribution in [2.45, 2.75) is 39.0 Å². The van der Waals surface area contributed by atoms with Crippen LogP contribution in [0.5, 0.6) is 5.75 Å². The molecule has 6 heteroatoms. The second kappa shape index (κ2) is 8.07. The van der Waals surface area contributed by atoms with E-state index in [1.54, 1.807) is 12.1 Å². The molecule has 2 aromatic rings. The summed E-state index contributed by atoms with van der Waals surface area (Å²) in [7, 11) is 0. The number of carboxylic acid groups (broad SMARTS) is 1. The molecule has 0 aliphatic carbocycles. The van der Waals surface area contributed by atoms with E-state index in [0.717, 1.165) is 11.1 Å². The van der Waals surface area contributed by atoms with Gasteiger partial charge in [0.05, 0.1) is 5.02 Å². The van der Waals surface area contributed by atoms with Gasteiger partial charge in [0.1, 0.15) is 11.6 Å². The molecule has 0 fully saturated rings. The van der Waals surface area contributed by atoms with Gasteiger partial charge in [-0.2, -0.15) is 0 Å². The Kier molecular flexibility index (Phi) is 6.31. The Morgan fingerprint density at radius 3 is 2.52 bits per heavy atom. The number of carbonyl (C=O) groups is 1. The number of rotatable bonds is 6. The van der Waals surface area contributed by atoms with E-state index >= 15 is 0 Å². The van der Waals surface area contributed by atoms with E-state index < -0.39 is 11.8 Å². The van der Waals surface area contributed by atoms with Gasteiger partial charge >= 0.3 is 5.97 Å². The molecule has 2 aromatic carbocycles. The van der Waals surface area contributed by atoms with Crippen LogP contribution in [0.4, 0.5) is 4.39 Å². The first kappa shape index (κ1) is 19.5. The smallest absolute Gasteiger partial charge is 0.303 e. The Balaban J connectivity index is 2.36. The number of benzene rings is 2. The third-order valence-corrected chi connectivity index (χ3v) is 4.76. The summed E-state index contributed by atoms with van der Waals surface area (Å²) in [6.07, 6.45) is 0.143. The molecule has 25 heavy (non-hydrogen) atoms. The standard InChI is InChI=1S/C19H19Cl2FO3/c1-10(2)13-7-11(3-5-16(13)23)8-14-15(20)9-12(4-6-17(24)25)19(22)18(14)21/h3,5,7,9-10,23H,4,6,8H2,1-2H3,(H,24,25). The van der Waals surface area contributed by atoms with Gasteiger partial charge in [0, 0.05) is 17.9 Å². The Bertz CT molecular complexity index is 804. The van der Waals surface area contributed by atoms with Gasteiger partial charge in [0.2, 0.25) is 0 Å². The van der Waals surface area contributed by atoms with Crippen molar-refractivity contribution < 1.29 is 19.4 Å². The second-order valence-corrected chi connectivity index (χ2v) is 7.03. The number of aliphatic carboxylic acids is 1. The maximum Gasteiger partial charge on any atom is 0.303 e. The van der Waals surface area contributed by atoms with E-state index in [-0.39, 0.29) is 35.1 Å². The van der Waals surface area contributed by atoms with E-state index in [4.69, 9.17) is 28.3 Å². The Hall–Kier alpha value is -1.78. The molecule has 0 atom stereocenters. The van der Waals surface area contributed by atoms with Gasteiger partial charge in [0.15, 0.2) is 0 Å². The number of aromatic hydroxyl groups is 1. The Morgan fingerprint density at radius 2 is 1.92 bits per heavy atom. The number of carboxylic acids is 1. The largest absolute Gasteiger partial charge is 0.508 e. The summed E-state index contributed by atoms with van der Waals surface area (Å²) in [5, 5.41) is 18.8. The Labute approximate surface area is 156 Å². The monoisotopic (exact) mass is 384 g/mol. The summed E-state index contributed by atoms with van der Waals surface area (Å²) in [6.45, 7) is 3.94. The number of hydrogen-bond donors (Lipinski definition) is 2. The molecular weight excluding hydrogens is 366 g/mol. The zero-order valence-electron chi connectivity index (χ0n) is 13.9. The minimum Gasteiger partial charge on any atom is -0.508 e. The van der Waals surface area contributed by atoms with Crippen molar-refractivity contribution in [1.82, 2.24) is 0 Å². The highest BCUT2D eigenvalue weighted by atomic mass is 35.5. The molecule has 0 aliphatic rings. The van der Waals surface area contributed by atoms with Crippen molar-refractivity contribution in [1.29, 1.82) is 0 Å². The summed E-state index contributed by atoms with van der Waals surface area (Å²) >= 11 is 12.4. The fourth-order valence-corrected chi connectivity index (χ4v) is 3.28. The topological polar surface area (TPSA) is 57.5 Å². The van der Waals surface area contributed by atoms with Gasteiger partial charge < -0.3 is 10.2 Å². The average Bonchev–Trinajstić information content (AvgIpc) is 2.54. The van der Waals surface area contributed by atoms with Crippen LogP contribution in [0, 0.1) is 5.82 Å². The molecule has 0 saturated carbocycles. The van der Waals surface area contributed by atoms with Crippen LogP contribution in [0.25, 0.3) is 0 Å². The molecule has 134 valence electrons. The molecule has 3 nitrogen and oxygen atoms in total. The SMILES string of the molecule is CC(C)c1cc(Cc2c(Cl)cc(CCC(=O)O)c(F)c2Cl)ccc1O. The van der Waals surface area contributed by atoms with Crippen LogP contribution in [0.3, 0.4) is 0 Å². The fraction of sp³-hybridized carbons (Fsp3) is 0.316. The molecule has 0 radical (unpaired) electrons. The van der Waals surface area contributed by atoms with Crippen LogP contribution in [0.1, 0.15) is 48.4 Å². The minimum absolute atomic E-state index is 0.0254. The highest BCUT2D eigenvalue weighted by molar-refractivity contribution is 6.36. The molecule has 0 aromatic heterocycles. The van der Waals surface area contributed by atoms with Gasteiger partial charge in [-0.3, -0.25) is 4.79 Å². The second-order valence-electron chi connectivity index (χ2n) is 6.24. The van der Waals surface area contributed by atoms with Crippen LogP contribution in [0.2, 0.25) is 10.0 Å². The zero-order chi connectivity index (χ0) is 18.7. The van der Waals surface area contributed by atoms with Crippen LogP contribution in [-0.2, 0) is 17.6 Å². The van der Waals surface area contributed by atoms with Crippen molar-refractivity contribution in [3.63, 3.8) is 0 Å². The summed E-state index contributed by atoms with van der Waals surface area (Å²) in [6, 6.07) is 6.63. The quantitative estimate of drug-likeness (QED) is 0.640. The molecular formula is C19H19Cl2FO3. The predicted molar refractivity (Wildman–Crippen MR) is 97.4 cm³/mol. The molecule has 0 spiro atoms. The van der Waals surface area contributed by atoms with Crippen molar-refractivity contribution in [3.05, 3.63) is 62.4 Å². The van der Waals surface area contributed by atoms with Gasteiger partial charge in [-0.05, 0) is 46.7 Å². The van der Waals surface area contributed by atoms with Crippen LogP contribution in [-0.4, -0.2) is 16.2 Å². The molecule has 0 bridgehead atoms. The first-order chi connectivity index (χ1) is 11.7. The third kappa shape index (κ3) is 4.65. The summed E-state index contributed by atoms with van der Waals surface area (Å²) in [5.74, 6) is -1.29. The number of hydrogen-bond acceptors (Lipinski definition) is 2. The molecule has 2 rings (SSSR count). The lowest BCUT2D eigenvalue weighted by molar-refractivity contribution is -0.136. The first-order valence-electron chi connectivity index (χ1n) is 7.89. The van der Waals surface area contributed by atoms with Crippen molar-refractivity contribution >= 4 is 29.2 Å². The highest BCUT2D eigenvalue weighted by Crippen LogP contribution is 2.34. The normalized spacial score (nSPS) is 11.1. The lowest BCUT2D eigenvalue weighted by Gasteiger charge is -2.14. The zero-order valence-corrected chi connectivity index (χ0v) is 15.5. The fourth-order valence-electron chi connectivity index (χ4n) is 2.65. The van der Waals surface area contributed by atoms with Crippen molar-refractivity contribution in [3.8, 4) is 5.75 Å². The van der Waals surface area contributed by atoms with Crippen LogP contribution >= 0.6 is 23.2 Å². The van der Waals surface area contributed by atoms with Crippen LogP contribution in [0.15, 0.2) is 24.3 Å². The maximum absolute atomic E-state index is 14.4. The minimum atomic E-state index is -1.01. The maximum atomic E-state index is 14.4. The van der Waals surface area contributed by atoms with Crippen molar-refractivity contribution in [2.75, 3.05) is 0 Å². The van der Waals surface area contributed by atoms with E-state index in [1.165, 1.54) is 6.07 Å². The number of halogens is 3. The van der Waals surface area contributed by atoms with Gasteiger partial charge in [0.25, 0.3) is 0 Å². The lowest BCUT2D eigenvalue weighted by Crippen LogP contribution is -2.03.